The quantitative estimate of drug-likeness (QED) is 0.353. The maximum Gasteiger partial charge on any atom is -0.0321 e. The van der Waals surface area contributed by atoms with Crippen molar-refractivity contribution in [1.82, 2.24) is 0 Å². The van der Waals surface area contributed by atoms with Crippen LogP contribution in [0.1, 0.15) is 138 Å². The van der Waals surface area contributed by atoms with Gasteiger partial charge in [0.2, 0.25) is 0 Å². The first-order chi connectivity index (χ1) is 16.9. The fourth-order valence-electron chi connectivity index (χ4n) is 11.8. The van der Waals surface area contributed by atoms with Gasteiger partial charge in [-0.1, -0.05) is 92.9 Å². The fourth-order valence-corrected chi connectivity index (χ4v) is 11.8. The molecule has 0 aromatic rings. The highest BCUT2D eigenvalue weighted by molar-refractivity contribution is 5.03. The van der Waals surface area contributed by atoms with Gasteiger partial charge in [-0.2, -0.15) is 0 Å². The third-order valence-electron chi connectivity index (χ3n) is 13.6. The summed E-state index contributed by atoms with van der Waals surface area (Å²) in [6.45, 7) is 15.8. The lowest BCUT2D eigenvalue weighted by atomic mass is 9.45. The molecule has 0 nitrogen and oxygen atoms in total. The molecule has 0 aliphatic heterocycles. The summed E-state index contributed by atoms with van der Waals surface area (Å²) in [6, 6.07) is 0. The van der Waals surface area contributed by atoms with Gasteiger partial charge in [-0.3, -0.25) is 0 Å². The SMILES string of the molecule is CCC(C)CC(C)C1CC2CCCCC2C(C2C(C)C(C3CCC(C)C3)CC3CCCCC32)C1C. The first kappa shape index (κ1) is 26.6. The van der Waals surface area contributed by atoms with Gasteiger partial charge in [0.05, 0.1) is 0 Å². The normalized spacial score (nSPS) is 50.2. The smallest absolute Gasteiger partial charge is 0.0321 e. The molecule has 5 aliphatic carbocycles. The predicted octanol–water partition coefficient (Wildman–Crippen LogP) is 10.7. The minimum atomic E-state index is 0.907. The van der Waals surface area contributed by atoms with E-state index in [1.165, 1.54) is 38.5 Å². The average molecular weight is 483 g/mol. The average Bonchev–Trinajstić information content (AvgIpc) is 3.29. The Bertz CT molecular complexity index is 665. The Labute approximate surface area is 220 Å². The third-order valence-corrected chi connectivity index (χ3v) is 13.6. The summed E-state index contributed by atoms with van der Waals surface area (Å²) in [5, 5.41) is 0. The van der Waals surface area contributed by atoms with Crippen molar-refractivity contribution >= 4 is 0 Å². The van der Waals surface area contributed by atoms with Crippen LogP contribution in [0.5, 0.6) is 0 Å². The topological polar surface area (TPSA) is 0 Å². The van der Waals surface area contributed by atoms with Crippen molar-refractivity contribution in [2.45, 2.75) is 138 Å². The van der Waals surface area contributed by atoms with Gasteiger partial charge < -0.3 is 0 Å². The maximum absolute atomic E-state index is 2.81. The minimum Gasteiger partial charge on any atom is -0.0651 e. The van der Waals surface area contributed by atoms with Crippen molar-refractivity contribution < 1.29 is 0 Å². The zero-order chi connectivity index (χ0) is 24.7. The van der Waals surface area contributed by atoms with E-state index in [2.05, 4.69) is 41.5 Å². The number of hydrogen-bond donors (Lipinski definition) is 0. The van der Waals surface area contributed by atoms with E-state index in [0.717, 1.165) is 82.9 Å². The van der Waals surface area contributed by atoms with Crippen molar-refractivity contribution in [3.63, 3.8) is 0 Å². The van der Waals surface area contributed by atoms with Crippen molar-refractivity contribution in [2.75, 3.05) is 0 Å². The summed E-state index contributed by atoms with van der Waals surface area (Å²) in [5.74, 6) is 14.3. The Morgan fingerprint density at radius 3 is 1.77 bits per heavy atom. The van der Waals surface area contributed by atoms with Gasteiger partial charge >= 0.3 is 0 Å². The van der Waals surface area contributed by atoms with E-state index >= 15 is 0 Å². The Morgan fingerprint density at radius 1 is 0.600 bits per heavy atom. The lowest BCUT2D eigenvalue weighted by Gasteiger charge is -2.60. The molecule has 0 heteroatoms. The van der Waals surface area contributed by atoms with Crippen molar-refractivity contribution in [1.29, 1.82) is 0 Å². The van der Waals surface area contributed by atoms with E-state index in [1.54, 1.807) is 57.8 Å². The Balaban J connectivity index is 1.46. The molecular formula is C35H62. The summed E-state index contributed by atoms with van der Waals surface area (Å²) < 4.78 is 0. The van der Waals surface area contributed by atoms with Crippen molar-refractivity contribution in [2.24, 2.45) is 82.9 Å². The standard InChI is InChI=1S/C35H62/c1-7-22(2)18-24(4)32-20-27-12-8-10-14-30(27)34(25(32)5)35-26(6)33(29-17-16-23(3)19-29)21-28-13-9-11-15-31(28)35/h22-35H,7-21H2,1-6H3. The van der Waals surface area contributed by atoms with E-state index in [0.29, 0.717) is 0 Å². The second-order valence-corrected chi connectivity index (χ2v) is 15.5. The van der Waals surface area contributed by atoms with Crippen LogP contribution in [0, 0.1) is 82.9 Å². The van der Waals surface area contributed by atoms with E-state index < -0.39 is 0 Å². The van der Waals surface area contributed by atoms with E-state index in [1.807, 2.05) is 0 Å². The molecule has 0 saturated heterocycles. The first-order valence-corrected chi connectivity index (χ1v) is 16.9. The monoisotopic (exact) mass is 482 g/mol. The van der Waals surface area contributed by atoms with Gasteiger partial charge in [-0.15, -0.1) is 0 Å². The van der Waals surface area contributed by atoms with Crippen LogP contribution in [0.25, 0.3) is 0 Å². The molecule has 0 radical (unpaired) electrons. The zero-order valence-electron chi connectivity index (χ0n) is 24.7. The van der Waals surface area contributed by atoms with Gasteiger partial charge in [0.25, 0.3) is 0 Å². The van der Waals surface area contributed by atoms with Crippen LogP contribution in [-0.4, -0.2) is 0 Å². The Hall–Kier alpha value is 0. The van der Waals surface area contributed by atoms with Crippen LogP contribution in [-0.2, 0) is 0 Å². The zero-order valence-corrected chi connectivity index (χ0v) is 24.7. The molecule has 202 valence electrons. The second kappa shape index (κ2) is 11.4. The first-order valence-electron chi connectivity index (χ1n) is 16.9. The molecule has 0 aromatic heterocycles. The largest absolute Gasteiger partial charge is 0.0651 e. The van der Waals surface area contributed by atoms with E-state index in [-0.39, 0.29) is 0 Å². The van der Waals surface area contributed by atoms with E-state index in [9.17, 15) is 0 Å². The van der Waals surface area contributed by atoms with Gasteiger partial charge in [0, 0.05) is 0 Å². The molecule has 0 N–H and O–H groups in total. The predicted molar refractivity (Wildman–Crippen MR) is 152 cm³/mol. The van der Waals surface area contributed by atoms with Gasteiger partial charge in [0.15, 0.2) is 0 Å². The summed E-state index contributed by atoms with van der Waals surface area (Å²) in [4.78, 5) is 0. The molecule has 14 atom stereocenters. The van der Waals surface area contributed by atoms with Crippen LogP contribution < -0.4 is 0 Å². The highest BCUT2D eigenvalue weighted by Crippen LogP contribution is 2.62. The van der Waals surface area contributed by atoms with Crippen LogP contribution in [0.4, 0.5) is 0 Å². The van der Waals surface area contributed by atoms with Gasteiger partial charge in [-0.05, 0) is 128 Å². The van der Waals surface area contributed by atoms with E-state index in [4.69, 9.17) is 0 Å². The lowest BCUT2D eigenvalue weighted by Crippen LogP contribution is -2.53. The van der Waals surface area contributed by atoms with Crippen LogP contribution in [0.2, 0.25) is 0 Å². The molecule has 0 spiro atoms. The molecule has 5 rings (SSSR count). The van der Waals surface area contributed by atoms with Crippen molar-refractivity contribution in [3.8, 4) is 0 Å². The Kier molecular flexibility index (Phi) is 8.66. The Morgan fingerprint density at radius 2 is 1.17 bits per heavy atom. The molecule has 14 unspecified atom stereocenters. The minimum absolute atomic E-state index is 0.907. The number of hydrogen-bond acceptors (Lipinski definition) is 0. The molecular weight excluding hydrogens is 420 g/mol. The summed E-state index contributed by atoms with van der Waals surface area (Å²) in [7, 11) is 0. The number of rotatable bonds is 6. The molecule has 0 amide bonds. The van der Waals surface area contributed by atoms with Crippen LogP contribution in [0.3, 0.4) is 0 Å². The third kappa shape index (κ3) is 5.31. The number of fused-ring (bicyclic) bond motifs is 2. The second-order valence-electron chi connectivity index (χ2n) is 15.5. The molecule has 5 aliphatic rings. The molecule has 0 aromatic carbocycles. The summed E-state index contributed by atoms with van der Waals surface area (Å²) >= 11 is 0. The fraction of sp³-hybridized carbons (Fsp3) is 1.00. The maximum atomic E-state index is 2.81. The molecule has 5 fully saturated rings. The van der Waals surface area contributed by atoms with Crippen molar-refractivity contribution in [3.05, 3.63) is 0 Å². The molecule has 0 heterocycles. The van der Waals surface area contributed by atoms with Crippen LogP contribution in [0.15, 0.2) is 0 Å². The lowest BCUT2D eigenvalue weighted by molar-refractivity contribution is -0.112. The van der Waals surface area contributed by atoms with Gasteiger partial charge in [-0.25, -0.2) is 0 Å². The summed E-state index contributed by atoms with van der Waals surface area (Å²) in [6.07, 6.45) is 23.1. The molecule has 35 heavy (non-hydrogen) atoms. The molecule has 5 saturated carbocycles. The highest BCUT2D eigenvalue weighted by atomic mass is 14.6. The highest BCUT2D eigenvalue weighted by Gasteiger charge is 2.55. The summed E-state index contributed by atoms with van der Waals surface area (Å²) in [5.41, 5.74) is 0. The van der Waals surface area contributed by atoms with Gasteiger partial charge in [0.1, 0.15) is 0 Å². The van der Waals surface area contributed by atoms with Crippen LogP contribution >= 0.6 is 0 Å². The molecule has 0 bridgehead atoms.